The van der Waals surface area contributed by atoms with Gasteiger partial charge in [-0.1, -0.05) is 5.16 Å². The van der Waals surface area contributed by atoms with E-state index in [0.717, 1.165) is 0 Å². The van der Waals surface area contributed by atoms with Gasteiger partial charge < -0.3 is 18.7 Å². The van der Waals surface area contributed by atoms with Crippen molar-refractivity contribution in [1.82, 2.24) is 5.16 Å². The lowest BCUT2D eigenvalue weighted by molar-refractivity contribution is -0.0183. The van der Waals surface area contributed by atoms with E-state index in [1.54, 1.807) is 6.92 Å². The molecule has 0 atom stereocenters. The molecule has 0 saturated carbocycles. The van der Waals surface area contributed by atoms with E-state index < -0.39 is 11.8 Å². The minimum atomic E-state index is -0.666. The zero-order valence-corrected chi connectivity index (χ0v) is 11.2. The molecule has 0 spiro atoms. The maximum absolute atomic E-state index is 13.5. The van der Waals surface area contributed by atoms with E-state index in [-0.39, 0.29) is 25.8 Å². The largest absolute Gasteiger partial charge is 0.467 e. The second-order valence-electron chi connectivity index (χ2n) is 4.57. The van der Waals surface area contributed by atoms with Crippen molar-refractivity contribution in [3.63, 3.8) is 0 Å². The minimum absolute atomic E-state index is 0.00187. The number of ether oxygens (including phenoxy) is 3. The average molecular weight is 293 g/mol. The van der Waals surface area contributed by atoms with Gasteiger partial charge in [-0.25, -0.2) is 9.18 Å². The number of carbonyl (C=O) groups is 1. The first-order chi connectivity index (χ1) is 10.1. The zero-order valence-electron chi connectivity index (χ0n) is 11.2. The van der Waals surface area contributed by atoms with Crippen LogP contribution in [0.1, 0.15) is 27.4 Å². The van der Waals surface area contributed by atoms with Crippen molar-refractivity contribution in [3.05, 3.63) is 46.6 Å². The molecule has 0 radical (unpaired) electrons. The molecule has 1 aliphatic heterocycles. The van der Waals surface area contributed by atoms with Gasteiger partial charge in [-0.05, 0) is 19.1 Å². The summed E-state index contributed by atoms with van der Waals surface area (Å²) in [5.41, 5.74) is 1.60. The molecule has 0 unspecified atom stereocenters. The highest BCUT2D eigenvalue weighted by Crippen LogP contribution is 2.30. The van der Waals surface area contributed by atoms with Crippen LogP contribution in [0.5, 0.6) is 5.75 Å². The van der Waals surface area contributed by atoms with Crippen LogP contribution in [-0.2, 0) is 22.7 Å². The molecule has 1 aromatic carbocycles. The number of nitrogens with zero attached hydrogens (tertiary/aromatic N) is 1. The Hall–Kier alpha value is -2.41. The van der Waals surface area contributed by atoms with Gasteiger partial charge in [-0.3, -0.25) is 0 Å². The number of halogens is 1. The Morgan fingerprint density at radius 2 is 2.29 bits per heavy atom. The lowest BCUT2D eigenvalue weighted by Crippen LogP contribution is -2.14. The zero-order chi connectivity index (χ0) is 14.8. The molecule has 6 nitrogen and oxygen atoms in total. The van der Waals surface area contributed by atoms with E-state index in [1.165, 1.54) is 18.2 Å². The van der Waals surface area contributed by atoms with Gasteiger partial charge >= 0.3 is 5.97 Å². The normalized spacial score (nSPS) is 13.4. The predicted molar refractivity (Wildman–Crippen MR) is 67.0 cm³/mol. The van der Waals surface area contributed by atoms with Crippen molar-refractivity contribution in [2.24, 2.45) is 0 Å². The summed E-state index contributed by atoms with van der Waals surface area (Å²) in [4.78, 5) is 11.8. The van der Waals surface area contributed by atoms with Crippen LogP contribution in [0.2, 0.25) is 0 Å². The third-order valence-electron chi connectivity index (χ3n) is 2.94. The Bertz CT molecular complexity index is 682. The van der Waals surface area contributed by atoms with E-state index in [9.17, 15) is 9.18 Å². The van der Waals surface area contributed by atoms with E-state index in [4.69, 9.17) is 18.7 Å². The molecule has 2 aromatic rings. The van der Waals surface area contributed by atoms with Gasteiger partial charge in [-0.15, -0.1) is 0 Å². The monoisotopic (exact) mass is 293 g/mol. The summed E-state index contributed by atoms with van der Waals surface area (Å²) in [6, 6.07) is 4.07. The number of benzene rings is 1. The molecule has 0 aliphatic carbocycles. The van der Waals surface area contributed by atoms with Gasteiger partial charge in [0.25, 0.3) is 0 Å². The molecule has 21 heavy (non-hydrogen) atoms. The third-order valence-corrected chi connectivity index (χ3v) is 2.94. The van der Waals surface area contributed by atoms with Crippen LogP contribution in [0, 0.1) is 12.7 Å². The standard InChI is InChI=1S/C14H12FNO5/c1-8-2-12(21-16-8)14(17)19-6-10-4-11(15)3-9-5-18-7-20-13(9)10/h2-4H,5-7H2,1H3. The molecule has 7 heteroatoms. The maximum Gasteiger partial charge on any atom is 0.377 e. The lowest BCUT2D eigenvalue weighted by Gasteiger charge is -2.20. The Morgan fingerprint density at radius 1 is 1.43 bits per heavy atom. The summed E-state index contributed by atoms with van der Waals surface area (Å²) in [5.74, 6) is -0.615. The van der Waals surface area contributed by atoms with E-state index in [0.29, 0.717) is 22.6 Å². The van der Waals surface area contributed by atoms with Crippen molar-refractivity contribution < 1.29 is 27.9 Å². The second kappa shape index (κ2) is 5.53. The van der Waals surface area contributed by atoms with Crippen LogP contribution in [0.4, 0.5) is 4.39 Å². The van der Waals surface area contributed by atoms with Crippen molar-refractivity contribution in [1.29, 1.82) is 0 Å². The smallest absolute Gasteiger partial charge is 0.377 e. The first-order valence-electron chi connectivity index (χ1n) is 6.26. The Labute approximate surface area is 119 Å². The topological polar surface area (TPSA) is 70.8 Å². The van der Waals surface area contributed by atoms with Crippen LogP contribution in [0.25, 0.3) is 0 Å². The van der Waals surface area contributed by atoms with Gasteiger partial charge in [-0.2, -0.15) is 0 Å². The van der Waals surface area contributed by atoms with E-state index in [1.807, 2.05) is 0 Å². The summed E-state index contributed by atoms with van der Waals surface area (Å²) < 4.78 is 33.8. The van der Waals surface area contributed by atoms with Gasteiger partial charge in [0.1, 0.15) is 18.2 Å². The molecule has 2 heterocycles. The third kappa shape index (κ3) is 2.87. The number of carbonyl (C=O) groups excluding carboxylic acids is 1. The highest BCUT2D eigenvalue weighted by Gasteiger charge is 2.19. The lowest BCUT2D eigenvalue weighted by atomic mass is 10.1. The van der Waals surface area contributed by atoms with E-state index in [2.05, 4.69) is 5.16 Å². The predicted octanol–water partition coefficient (Wildman–Crippen LogP) is 2.35. The fourth-order valence-electron chi connectivity index (χ4n) is 2.04. The number of aryl methyl sites for hydroxylation is 1. The summed E-state index contributed by atoms with van der Waals surface area (Å²) in [7, 11) is 0. The van der Waals surface area contributed by atoms with E-state index >= 15 is 0 Å². The quantitative estimate of drug-likeness (QED) is 0.809. The van der Waals surface area contributed by atoms with Gasteiger partial charge in [0, 0.05) is 17.2 Å². The molecular weight excluding hydrogens is 281 g/mol. The number of hydrogen-bond donors (Lipinski definition) is 0. The Balaban J connectivity index is 1.76. The minimum Gasteiger partial charge on any atom is -0.467 e. The fraction of sp³-hybridized carbons (Fsp3) is 0.286. The number of aromatic nitrogens is 1. The van der Waals surface area contributed by atoms with Crippen molar-refractivity contribution in [3.8, 4) is 5.75 Å². The number of hydrogen-bond acceptors (Lipinski definition) is 6. The summed E-state index contributed by atoms with van der Waals surface area (Å²) in [6.45, 7) is 1.91. The first kappa shape index (κ1) is 13.6. The molecule has 0 N–H and O–H groups in total. The molecule has 110 valence electrons. The maximum atomic E-state index is 13.5. The summed E-state index contributed by atoms with van der Waals surface area (Å²) in [5, 5.41) is 3.60. The molecule has 0 amide bonds. The molecule has 3 rings (SSSR count). The summed E-state index contributed by atoms with van der Waals surface area (Å²) >= 11 is 0. The highest BCUT2D eigenvalue weighted by molar-refractivity contribution is 5.86. The molecular formula is C14H12FNO5. The van der Waals surface area contributed by atoms with Crippen molar-refractivity contribution in [2.45, 2.75) is 20.1 Å². The second-order valence-corrected chi connectivity index (χ2v) is 4.57. The highest BCUT2D eigenvalue weighted by atomic mass is 19.1. The number of esters is 1. The van der Waals surface area contributed by atoms with Crippen LogP contribution >= 0.6 is 0 Å². The first-order valence-corrected chi connectivity index (χ1v) is 6.26. The van der Waals surface area contributed by atoms with Crippen molar-refractivity contribution >= 4 is 5.97 Å². The summed E-state index contributed by atoms with van der Waals surface area (Å²) in [6.07, 6.45) is 0. The van der Waals surface area contributed by atoms with Crippen LogP contribution < -0.4 is 4.74 Å². The van der Waals surface area contributed by atoms with Crippen LogP contribution in [-0.4, -0.2) is 17.9 Å². The number of fused-ring (bicyclic) bond motifs is 1. The molecule has 1 aromatic heterocycles. The average Bonchev–Trinajstić information content (AvgIpc) is 2.91. The van der Waals surface area contributed by atoms with Crippen LogP contribution in [0.15, 0.2) is 22.7 Å². The van der Waals surface area contributed by atoms with Gasteiger partial charge in [0.15, 0.2) is 6.79 Å². The Kier molecular flexibility index (Phi) is 3.57. The van der Waals surface area contributed by atoms with Crippen molar-refractivity contribution in [2.75, 3.05) is 6.79 Å². The molecule has 1 aliphatic rings. The Morgan fingerprint density at radius 3 is 3.05 bits per heavy atom. The molecule has 0 saturated heterocycles. The molecule has 0 bridgehead atoms. The fourth-order valence-corrected chi connectivity index (χ4v) is 2.04. The van der Waals surface area contributed by atoms with Crippen LogP contribution in [0.3, 0.4) is 0 Å². The number of rotatable bonds is 3. The van der Waals surface area contributed by atoms with Gasteiger partial charge in [0.2, 0.25) is 5.76 Å². The van der Waals surface area contributed by atoms with Gasteiger partial charge in [0.05, 0.1) is 12.3 Å². The SMILES string of the molecule is Cc1cc(C(=O)OCc2cc(F)cc3c2OCOC3)on1. The molecule has 0 fully saturated rings.